The van der Waals surface area contributed by atoms with E-state index in [1.807, 2.05) is 33.9 Å². The lowest BCUT2D eigenvalue weighted by molar-refractivity contribution is 0.570. The number of guanidine groups is 1. The van der Waals surface area contributed by atoms with E-state index in [-0.39, 0.29) is 0 Å². The van der Waals surface area contributed by atoms with Crippen LogP contribution in [0.3, 0.4) is 0 Å². The zero-order valence-electron chi connectivity index (χ0n) is 14.3. The van der Waals surface area contributed by atoms with E-state index in [0.29, 0.717) is 0 Å². The van der Waals surface area contributed by atoms with Gasteiger partial charge in [-0.05, 0) is 36.2 Å². The average molecular weight is 337 g/mol. The van der Waals surface area contributed by atoms with Crippen LogP contribution in [0.25, 0.3) is 5.69 Å². The summed E-state index contributed by atoms with van der Waals surface area (Å²) in [5.74, 6) is 0.802. The Hall–Kier alpha value is -3.09. The predicted molar refractivity (Wildman–Crippen MR) is 98.6 cm³/mol. The topological polar surface area (TPSA) is 72.1 Å². The summed E-state index contributed by atoms with van der Waals surface area (Å²) in [4.78, 5) is 4.25. The Kier molecular flexibility index (Phi) is 5.82. The normalized spacial score (nSPS) is 11.5. The third kappa shape index (κ3) is 4.94. The molecule has 0 bridgehead atoms. The highest BCUT2D eigenvalue weighted by molar-refractivity contribution is 5.79. The first-order valence-electron chi connectivity index (χ1n) is 8.36. The molecule has 0 aliphatic carbocycles. The molecule has 0 radical (unpaired) electrons. The van der Waals surface area contributed by atoms with E-state index in [1.165, 1.54) is 5.56 Å². The highest BCUT2D eigenvalue weighted by Crippen LogP contribution is 2.08. The van der Waals surface area contributed by atoms with Gasteiger partial charge in [0.2, 0.25) is 0 Å². The number of nitrogens with zero attached hydrogens (tertiary/aromatic N) is 5. The fraction of sp³-hybridized carbons (Fsp3) is 0.278. The van der Waals surface area contributed by atoms with Crippen LogP contribution in [-0.4, -0.2) is 39.1 Å². The van der Waals surface area contributed by atoms with Crippen molar-refractivity contribution < 1.29 is 0 Å². The van der Waals surface area contributed by atoms with Crippen molar-refractivity contribution in [2.24, 2.45) is 4.99 Å². The van der Waals surface area contributed by atoms with Gasteiger partial charge >= 0.3 is 0 Å². The number of hydrogen-bond acceptors (Lipinski definition) is 3. The molecule has 130 valence electrons. The van der Waals surface area contributed by atoms with E-state index in [2.05, 4.69) is 50.1 Å². The summed E-state index contributed by atoms with van der Waals surface area (Å²) in [5, 5.41) is 15.1. The molecule has 0 saturated carbocycles. The number of hydrogen-bond donors (Lipinski definition) is 2. The Bertz CT molecular complexity index is 758. The molecule has 2 heterocycles. The van der Waals surface area contributed by atoms with Crippen molar-refractivity contribution in [3.63, 3.8) is 0 Å². The first-order chi connectivity index (χ1) is 12.3. The second kappa shape index (κ2) is 8.68. The monoisotopic (exact) mass is 337 g/mol. The molecule has 2 aromatic heterocycles. The summed E-state index contributed by atoms with van der Waals surface area (Å²) < 4.78 is 3.77. The second-order valence-electron chi connectivity index (χ2n) is 5.59. The molecule has 0 fully saturated rings. The summed E-state index contributed by atoms with van der Waals surface area (Å²) in [6, 6.07) is 12.2. The van der Waals surface area contributed by atoms with Gasteiger partial charge in [-0.25, -0.2) is 4.68 Å². The molecule has 3 rings (SSSR count). The molecule has 0 spiro atoms. The van der Waals surface area contributed by atoms with Gasteiger partial charge < -0.3 is 10.6 Å². The Morgan fingerprint density at radius 3 is 2.52 bits per heavy atom. The first kappa shape index (κ1) is 16.8. The number of aryl methyl sites for hydroxylation is 1. The van der Waals surface area contributed by atoms with Crippen LogP contribution in [0.4, 0.5) is 0 Å². The Labute approximate surface area is 147 Å². The molecule has 2 N–H and O–H groups in total. The number of rotatable bonds is 7. The van der Waals surface area contributed by atoms with Crippen LogP contribution in [0.1, 0.15) is 12.0 Å². The summed E-state index contributed by atoms with van der Waals surface area (Å²) in [6.07, 6.45) is 8.46. The first-order valence-corrected chi connectivity index (χ1v) is 8.36. The molecule has 1 aromatic carbocycles. The maximum Gasteiger partial charge on any atom is 0.191 e. The van der Waals surface area contributed by atoms with Crippen LogP contribution in [0, 0.1) is 0 Å². The van der Waals surface area contributed by atoms with Crippen molar-refractivity contribution in [3.05, 3.63) is 66.7 Å². The van der Waals surface area contributed by atoms with Crippen molar-refractivity contribution in [2.45, 2.75) is 19.5 Å². The lowest BCUT2D eigenvalue weighted by Gasteiger charge is -2.12. The molecule has 7 heteroatoms. The van der Waals surface area contributed by atoms with E-state index in [1.54, 1.807) is 19.4 Å². The quantitative estimate of drug-likeness (QED) is 0.392. The molecule has 3 aromatic rings. The molecular formula is C18H23N7. The van der Waals surface area contributed by atoms with Crippen LogP contribution in [0.5, 0.6) is 0 Å². The molecule has 0 saturated heterocycles. The summed E-state index contributed by atoms with van der Waals surface area (Å²) in [7, 11) is 1.78. The van der Waals surface area contributed by atoms with Crippen LogP contribution < -0.4 is 10.6 Å². The van der Waals surface area contributed by atoms with Crippen molar-refractivity contribution in [1.29, 1.82) is 0 Å². The number of aliphatic imine (C=N–C) groups is 1. The molecule has 25 heavy (non-hydrogen) atoms. The Morgan fingerprint density at radius 2 is 1.84 bits per heavy atom. The SMILES string of the molecule is CN=C(NCCCn1cccn1)NCc1ccc(-n2cccn2)cc1. The molecule has 0 aliphatic heterocycles. The fourth-order valence-electron chi connectivity index (χ4n) is 2.48. The van der Waals surface area contributed by atoms with Crippen molar-refractivity contribution >= 4 is 5.96 Å². The average Bonchev–Trinajstić information content (AvgIpc) is 3.35. The van der Waals surface area contributed by atoms with Crippen LogP contribution in [0.15, 0.2) is 66.2 Å². The smallest absolute Gasteiger partial charge is 0.191 e. The minimum absolute atomic E-state index is 0.720. The van der Waals surface area contributed by atoms with Crippen molar-refractivity contribution in [2.75, 3.05) is 13.6 Å². The molecule has 0 amide bonds. The van der Waals surface area contributed by atoms with Gasteiger partial charge in [-0.2, -0.15) is 10.2 Å². The number of nitrogens with one attached hydrogen (secondary N) is 2. The van der Waals surface area contributed by atoms with Crippen LogP contribution >= 0.6 is 0 Å². The van der Waals surface area contributed by atoms with Crippen LogP contribution in [0.2, 0.25) is 0 Å². The van der Waals surface area contributed by atoms with Crippen molar-refractivity contribution in [3.8, 4) is 5.69 Å². The summed E-state index contributed by atoms with van der Waals surface area (Å²) in [5.41, 5.74) is 2.24. The largest absolute Gasteiger partial charge is 0.356 e. The molecule has 0 aliphatic rings. The minimum atomic E-state index is 0.720. The van der Waals surface area contributed by atoms with E-state index >= 15 is 0 Å². The van der Waals surface area contributed by atoms with Gasteiger partial charge in [-0.3, -0.25) is 9.67 Å². The predicted octanol–water partition coefficient (Wildman–Crippen LogP) is 1.82. The highest BCUT2D eigenvalue weighted by atomic mass is 15.3. The third-order valence-electron chi connectivity index (χ3n) is 3.80. The minimum Gasteiger partial charge on any atom is -0.356 e. The van der Waals surface area contributed by atoms with Gasteiger partial charge in [-0.1, -0.05) is 12.1 Å². The molecule has 0 atom stereocenters. The summed E-state index contributed by atoms with van der Waals surface area (Å²) >= 11 is 0. The van der Waals surface area contributed by atoms with Gasteiger partial charge in [0.25, 0.3) is 0 Å². The fourth-order valence-corrected chi connectivity index (χ4v) is 2.48. The summed E-state index contributed by atoms with van der Waals surface area (Å²) in [6.45, 7) is 2.46. The van der Waals surface area contributed by atoms with E-state index in [4.69, 9.17) is 0 Å². The van der Waals surface area contributed by atoms with E-state index < -0.39 is 0 Å². The van der Waals surface area contributed by atoms with Gasteiger partial charge in [0, 0.05) is 51.5 Å². The van der Waals surface area contributed by atoms with Gasteiger partial charge in [0.1, 0.15) is 0 Å². The lowest BCUT2D eigenvalue weighted by atomic mass is 10.2. The standard InChI is InChI=1S/C18H23N7/c1-19-18(20-9-2-12-24-13-3-10-22-24)21-15-16-5-7-17(8-6-16)25-14-4-11-23-25/h3-8,10-11,13-14H,2,9,12,15H2,1H3,(H2,19,20,21). The zero-order chi connectivity index (χ0) is 17.3. The Balaban J connectivity index is 1.41. The highest BCUT2D eigenvalue weighted by Gasteiger charge is 2.00. The lowest BCUT2D eigenvalue weighted by Crippen LogP contribution is -2.37. The van der Waals surface area contributed by atoms with Crippen molar-refractivity contribution in [1.82, 2.24) is 30.2 Å². The van der Waals surface area contributed by atoms with Gasteiger partial charge in [0.15, 0.2) is 5.96 Å². The molecule has 0 unspecified atom stereocenters. The van der Waals surface area contributed by atoms with Gasteiger partial charge in [-0.15, -0.1) is 0 Å². The maximum absolute atomic E-state index is 4.25. The van der Waals surface area contributed by atoms with E-state index in [0.717, 1.165) is 37.7 Å². The van der Waals surface area contributed by atoms with E-state index in [9.17, 15) is 0 Å². The maximum atomic E-state index is 4.25. The second-order valence-corrected chi connectivity index (χ2v) is 5.59. The molecular weight excluding hydrogens is 314 g/mol. The van der Waals surface area contributed by atoms with Crippen LogP contribution in [-0.2, 0) is 13.1 Å². The van der Waals surface area contributed by atoms with Gasteiger partial charge in [0.05, 0.1) is 5.69 Å². The third-order valence-corrected chi connectivity index (χ3v) is 3.80. The zero-order valence-corrected chi connectivity index (χ0v) is 14.3. The molecule has 7 nitrogen and oxygen atoms in total. The number of aromatic nitrogens is 4. The Morgan fingerprint density at radius 1 is 1.04 bits per heavy atom. The number of benzene rings is 1.